The van der Waals surface area contributed by atoms with Gasteiger partial charge >= 0.3 is 5.97 Å². The molecular formula is C21H17FN2O5S. The zero-order chi connectivity index (χ0) is 21.3. The highest BCUT2D eigenvalue weighted by Crippen LogP contribution is 2.28. The van der Waals surface area contributed by atoms with Crippen molar-refractivity contribution in [1.82, 2.24) is 5.43 Å². The SMILES string of the molecule is COc1cc(/C=N\NC(=O)COc2ccccc2F)ccc1OC(=O)c1cccs1. The maximum Gasteiger partial charge on any atom is 0.353 e. The van der Waals surface area contributed by atoms with E-state index in [1.165, 1.54) is 42.9 Å². The van der Waals surface area contributed by atoms with Crippen LogP contribution in [-0.4, -0.2) is 31.8 Å². The van der Waals surface area contributed by atoms with E-state index in [4.69, 9.17) is 14.2 Å². The topological polar surface area (TPSA) is 86.2 Å². The van der Waals surface area contributed by atoms with Crippen molar-refractivity contribution < 1.29 is 28.2 Å². The predicted octanol–water partition coefficient (Wildman–Crippen LogP) is 3.64. The number of hydrogen-bond acceptors (Lipinski definition) is 7. The van der Waals surface area contributed by atoms with Gasteiger partial charge in [0.25, 0.3) is 5.91 Å². The van der Waals surface area contributed by atoms with Crippen molar-refractivity contribution in [3.63, 3.8) is 0 Å². The Balaban J connectivity index is 1.55. The number of thiophene rings is 1. The van der Waals surface area contributed by atoms with Gasteiger partial charge in [-0.05, 0) is 47.3 Å². The van der Waals surface area contributed by atoms with Crippen molar-refractivity contribution in [2.75, 3.05) is 13.7 Å². The summed E-state index contributed by atoms with van der Waals surface area (Å²) in [7, 11) is 1.45. The van der Waals surface area contributed by atoms with E-state index in [9.17, 15) is 14.0 Å². The van der Waals surface area contributed by atoms with Gasteiger partial charge in [-0.25, -0.2) is 14.6 Å². The largest absolute Gasteiger partial charge is 0.493 e. The molecule has 0 aliphatic heterocycles. The number of benzene rings is 2. The average Bonchev–Trinajstić information content (AvgIpc) is 3.29. The molecule has 7 nitrogen and oxygen atoms in total. The van der Waals surface area contributed by atoms with Crippen LogP contribution < -0.4 is 19.6 Å². The third kappa shape index (κ3) is 5.65. The minimum Gasteiger partial charge on any atom is -0.493 e. The summed E-state index contributed by atoms with van der Waals surface area (Å²) < 4.78 is 29.1. The van der Waals surface area contributed by atoms with Crippen molar-refractivity contribution in [3.8, 4) is 17.2 Å². The van der Waals surface area contributed by atoms with Gasteiger partial charge in [0.1, 0.15) is 4.88 Å². The van der Waals surface area contributed by atoms with Gasteiger partial charge in [-0.1, -0.05) is 18.2 Å². The molecule has 3 rings (SSSR count). The molecule has 1 heterocycles. The van der Waals surface area contributed by atoms with E-state index in [2.05, 4.69) is 10.5 Å². The highest BCUT2D eigenvalue weighted by Gasteiger charge is 2.13. The van der Waals surface area contributed by atoms with Crippen LogP contribution in [0.4, 0.5) is 4.39 Å². The first kappa shape index (κ1) is 21.0. The molecule has 154 valence electrons. The molecule has 0 atom stereocenters. The van der Waals surface area contributed by atoms with E-state index in [0.717, 1.165) is 0 Å². The molecule has 3 aromatic rings. The lowest BCUT2D eigenvalue weighted by atomic mass is 10.2. The third-order valence-electron chi connectivity index (χ3n) is 3.71. The number of amides is 1. The summed E-state index contributed by atoms with van der Waals surface area (Å²) in [6.45, 7) is -0.390. The quantitative estimate of drug-likeness (QED) is 0.256. The molecular weight excluding hydrogens is 411 g/mol. The van der Waals surface area contributed by atoms with E-state index in [1.807, 2.05) is 0 Å². The summed E-state index contributed by atoms with van der Waals surface area (Å²) >= 11 is 1.28. The average molecular weight is 428 g/mol. The van der Waals surface area contributed by atoms with E-state index in [1.54, 1.807) is 41.8 Å². The highest BCUT2D eigenvalue weighted by atomic mass is 32.1. The third-order valence-corrected chi connectivity index (χ3v) is 4.56. The zero-order valence-corrected chi connectivity index (χ0v) is 16.6. The zero-order valence-electron chi connectivity index (χ0n) is 15.8. The van der Waals surface area contributed by atoms with Crippen LogP contribution in [0.15, 0.2) is 65.1 Å². The van der Waals surface area contributed by atoms with E-state index >= 15 is 0 Å². The highest BCUT2D eigenvalue weighted by molar-refractivity contribution is 7.12. The molecule has 1 N–H and O–H groups in total. The fourth-order valence-electron chi connectivity index (χ4n) is 2.31. The molecule has 2 aromatic carbocycles. The Morgan fingerprint density at radius 2 is 1.93 bits per heavy atom. The molecule has 0 unspecified atom stereocenters. The summed E-state index contributed by atoms with van der Waals surface area (Å²) in [6.07, 6.45) is 1.38. The summed E-state index contributed by atoms with van der Waals surface area (Å²) in [4.78, 5) is 24.3. The molecule has 0 saturated heterocycles. The Morgan fingerprint density at radius 1 is 1.10 bits per heavy atom. The van der Waals surface area contributed by atoms with Gasteiger partial charge < -0.3 is 14.2 Å². The van der Waals surface area contributed by atoms with Gasteiger partial charge in [-0.2, -0.15) is 5.10 Å². The Kier molecular flexibility index (Phi) is 7.12. The molecule has 30 heavy (non-hydrogen) atoms. The van der Waals surface area contributed by atoms with E-state index in [0.29, 0.717) is 16.2 Å². The van der Waals surface area contributed by atoms with Crippen LogP contribution >= 0.6 is 11.3 Å². The number of carbonyl (C=O) groups excluding carboxylic acids is 2. The number of hydrogen-bond donors (Lipinski definition) is 1. The lowest BCUT2D eigenvalue weighted by molar-refractivity contribution is -0.123. The van der Waals surface area contributed by atoms with Crippen molar-refractivity contribution in [3.05, 3.63) is 76.2 Å². The minimum atomic E-state index is -0.555. The number of esters is 1. The Labute approximate surface area is 175 Å². The summed E-state index contributed by atoms with van der Waals surface area (Å²) in [5.74, 6) is -1.02. The van der Waals surface area contributed by atoms with Crippen LogP contribution in [0, 0.1) is 5.82 Å². The number of carbonyl (C=O) groups is 2. The molecule has 9 heteroatoms. The van der Waals surface area contributed by atoms with Gasteiger partial charge in [0.15, 0.2) is 29.7 Å². The maximum absolute atomic E-state index is 13.4. The normalized spacial score (nSPS) is 10.6. The first-order chi connectivity index (χ1) is 14.6. The van der Waals surface area contributed by atoms with Gasteiger partial charge in [0.2, 0.25) is 0 Å². The van der Waals surface area contributed by atoms with Crippen molar-refractivity contribution in [1.29, 1.82) is 0 Å². The molecule has 0 spiro atoms. The molecule has 0 fully saturated rings. The number of nitrogens with one attached hydrogen (secondary N) is 1. The summed E-state index contributed by atoms with van der Waals surface area (Å²) in [5, 5.41) is 5.60. The molecule has 0 bridgehead atoms. The van der Waals surface area contributed by atoms with Crippen LogP contribution in [-0.2, 0) is 4.79 Å². The molecule has 0 saturated carbocycles. The fraction of sp³-hybridized carbons (Fsp3) is 0.0952. The number of nitrogens with zero attached hydrogens (tertiary/aromatic N) is 1. The second-order valence-electron chi connectivity index (χ2n) is 5.79. The van der Waals surface area contributed by atoms with E-state index < -0.39 is 17.7 Å². The number of rotatable bonds is 8. The molecule has 1 aromatic heterocycles. The van der Waals surface area contributed by atoms with Gasteiger partial charge in [0.05, 0.1) is 13.3 Å². The van der Waals surface area contributed by atoms with Gasteiger partial charge in [0, 0.05) is 0 Å². The monoisotopic (exact) mass is 428 g/mol. The smallest absolute Gasteiger partial charge is 0.353 e. The molecule has 0 aliphatic rings. The minimum absolute atomic E-state index is 0.0194. The Morgan fingerprint density at radius 3 is 2.67 bits per heavy atom. The van der Waals surface area contributed by atoms with Crippen LogP contribution in [0.3, 0.4) is 0 Å². The predicted molar refractivity (Wildman–Crippen MR) is 110 cm³/mol. The van der Waals surface area contributed by atoms with Crippen molar-refractivity contribution in [2.45, 2.75) is 0 Å². The Hall–Kier alpha value is -3.72. The molecule has 0 radical (unpaired) electrons. The number of hydrazone groups is 1. The fourth-order valence-corrected chi connectivity index (χ4v) is 2.91. The van der Waals surface area contributed by atoms with Crippen molar-refractivity contribution in [2.24, 2.45) is 5.10 Å². The number of methoxy groups -OCH3 is 1. The number of ether oxygens (including phenoxy) is 3. The number of para-hydroxylation sites is 1. The maximum atomic E-state index is 13.4. The standard InChI is InChI=1S/C21H17FN2O5S/c1-27-18-11-14(8-9-17(18)29-21(26)19-7-4-10-30-19)12-23-24-20(25)13-28-16-6-3-2-5-15(16)22/h2-12H,13H2,1H3,(H,24,25)/b23-12-. The second-order valence-corrected chi connectivity index (χ2v) is 6.74. The Bertz CT molecular complexity index is 1050. The lowest BCUT2D eigenvalue weighted by Gasteiger charge is -2.09. The van der Waals surface area contributed by atoms with Crippen LogP contribution in [0.1, 0.15) is 15.2 Å². The number of halogens is 1. The first-order valence-electron chi connectivity index (χ1n) is 8.70. The summed E-state index contributed by atoms with van der Waals surface area (Å²) in [6, 6.07) is 14.0. The first-order valence-corrected chi connectivity index (χ1v) is 9.57. The van der Waals surface area contributed by atoms with Crippen LogP contribution in [0.5, 0.6) is 17.2 Å². The van der Waals surface area contributed by atoms with Crippen molar-refractivity contribution >= 4 is 29.4 Å². The van der Waals surface area contributed by atoms with Crippen LogP contribution in [0.25, 0.3) is 0 Å². The van der Waals surface area contributed by atoms with E-state index in [-0.39, 0.29) is 18.1 Å². The second kappa shape index (κ2) is 10.2. The van der Waals surface area contributed by atoms with Crippen LogP contribution in [0.2, 0.25) is 0 Å². The summed E-state index contributed by atoms with van der Waals surface area (Å²) in [5.41, 5.74) is 2.88. The lowest BCUT2D eigenvalue weighted by Crippen LogP contribution is -2.24. The van der Waals surface area contributed by atoms with Gasteiger partial charge in [-0.15, -0.1) is 11.3 Å². The van der Waals surface area contributed by atoms with Gasteiger partial charge in [-0.3, -0.25) is 4.79 Å². The molecule has 1 amide bonds. The molecule has 0 aliphatic carbocycles.